The van der Waals surface area contributed by atoms with Crippen molar-refractivity contribution in [2.24, 2.45) is 0 Å². The number of halogens is 3. The van der Waals surface area contributed by atoms with E-state index in [2.05, 4.69) is 4.98 Å². The van der Waals surface area contributed by atoms with E-state index in [4.69, 9.17) is 4.74 Å². The van der Waals surface area contributed by atoms with Crippen molar-refractivity contribution in [3.05, 3.63) is 59.4 Å². The zero-order valence-electron chi connectivity index (χ0n) is 14.1. The van der Waals surface area contributed by atoms with Crippen LogP contribution >= 0.6 is 0 Å². The molecule has 0 fully saturated rings. The summed E-state index contributed by atoms with van der Waals surface area (Å²) < 4.78 is 46.7. The van der Waals surface area contributed by atoms with Gasteiger partial charge in [0.15, 0.2) is 0 Å². The van der Waals surface area contributed by atoms with E-state index in [0.29, 0.717) is 24.1 Å². The molecule has 0 radical (unpaired) electrons. The van der Waals surface area contributed by atoms with Gasteiger partial charge in [-0.2, -0.15) is 13.2 Å². The first-order chi connectivity index (χ1) is 11.9. The number of nitrogens with zero attached hydrogens (tertiary/aromatic N) is 2. The summed E-state index contributed by atoms with van der Waals surface area (Å²) in [5, 5.41) is 0. The van der Waals surface area contributed by atoms with Gasteiger partial charge in [-0.25, -0.2) is 4.98 Å². The number of ether oxygens (including phenoxy) is 1. The number of alkyl halides is 3. The number of fused-ring (bicyclic) bond motifs is 1. The molecule has 0 saturated carbocycles. The third kappa shape index (κ3) is 3.78. The highest BCUT2D eigenvalue weighted by Crippen LogP contribution is 2.31. The van der Waals surface area contributed by atoms with Crippen LogP contribution in [0.2, 0.25) is 0 Å². The Morgan fingerprint density at radius 1 is 1.08 bits per heavy atom. The van der Waals surface area contributed by atoms with Gasteiger partial charge in [0, 0.05) is 6.54 Å². The van der Waals surface area contributed by atoms with E-state index in [1.54, 1.807) is 24.3 Å². The van der Waals surface area contributed by atoms with Crippen LogP contribution in [0.5, 0.6) is 5.75 Å². The van der Waals surface area contributed by atoms with E-state index >= 15 is 0 Å². The van der Waals surface area contributed by atoms with Crippen LogP contribution in [0.4, 0.5) is 13.2 Å². The fourth-order valence-corrected chi connectivity index (χ4v) is 2.79. The molecule has 25 heavy (non-hydrogen) atoms. The van der Waals surface area contributed by atoms with Crippen molar-refractivity contribution in [3.63, 3.8) is 0 Å². The van der Waals surface area contributed by atoms with Gasteiger partial charge >= 0.3 is 6.18 Å². The smallest absolute Gasteiger partial charge is 0.449 e. The average Bonchev–Trinajstić information content (AvgIpc) is 2.94. The number of benzene rings is 2. The molecule has 132 valence electrons. The van der Waals surface area contributed by atoms with Gasteiger partial charge in [-0.15, -0.1) is 0 Å². The van der Waals surface area contributed by atoms with Crippen LogP contribution in [0.15, 0.2) is 42.5 Å². The molecule has 0 aliphatic heterocycles. The Hall–Kier alpha value is -2.50. The van der Waals surface area contributed by atoms with Crippen LogP contribution in [-0.4, -0.2) is 16.2 Å². The molecule has 3 rings (SSSR count). The van der Waals surface area contributed by atoms with Crippen molar-refractivity contribution in [1.82, 2.24) is 9.55 Å². The molecule has 0 saturated heterocycles. The predicted molar refractivity (Wildman–Crippen MR) is 90.8 cm³/mol. The Bertz CT molecular complexity index is 884. The zero-order valence-corrected chi connectivity index (χ0v) is 14.1. The van der Waals surface area contributed by atoms with Crippen molar-refractivity contribution in [2.45, 2.75) is 33.0 Å². The summed E-state index contributed by atoms with van der Waals surface area (Å²) in [6, 6.07) is 12.5. The van der Waals surface area contributed by atoms with E-state index in [0.717, 1.165) is 16.9 Å². The van der Waals surface area contributed by atoms with Crippen LogP contribution in [0.1, 0.15) is 23.4 Å². The summed E-state index contributed by atoms with van der Waals surface area (Å²) in [5.41, 5.74) is 2.93. The summed E-state index contributed by atoms with van der Waals surface area (Å²) in [5.74, 6) is -0.0908. The fourth-order valence-electron chi connectivity index (χ4n) is 2.79. The van der Waals surface area contributed by atoms with Crippen LogP contribution in [0.25, 0.3) is 11.0 Å². The molecule has 3 aromatic rings. The molecule has 0 spiro atoms. The van der Waals surface area contributed by atoms with Crippen molar-refractivity contribution >= 4 is 11.0 Å². The molecule has 6 heteroatoms. The molecule has 1 heterocycles. The maximum absolute atomic E-state index is 13.2. The molecule has 0 unspecified atom stereocenters. The number of hydrogen-bond acceptors (Lipinski definition) is 2. The number of para-hydroxylation sites is 2. The van der Waals surface area contributed by atoms with Crippen molar-refractivity contribution < 1.29 is 17.9 Å². The minimum absolute atomic E-state index is 0.195. The van der Waals surface area contributed by atoms with E-state index in [-0.39, 0.29) is 6.54 Å². The molecule has 0 bridgehead atoms. The second kappa shape index (κ2) is 6.78. The number of aryl methyl sites for hydroxylation is 3. The van der Waals surface area contributed by atoms with Gasteiger partial charge in [0.2, 0.25) is 5.82 Å². The molecule has 0 N–H and O–H groups in total. The maximum atomic E-state index is 13.2. The van der Waals surface area contributed by atoms with Gasteiger partial charge in [-0.3, -0.25) is 0 Å². The van der Waals surface area contributed by atoms with Crippen LogP contribution in [0.3, 0.4) is 0 Å². The Labute approximate surface area is 144 Å². The second-order valence-electron chi connectivity index (χ2n) is 6.04. The molecule has 1 aromatic heterocycles. The van der Waals surface area contributed by atoms with Crippen molar-refractivity contribution in [3.8, 4) is 5.75 Å². The summed E-state index contributed by atoms with van der Waals surface area (Å²) >= 11 is 0. The van der Waals surface area contributed by atoms with Gasteiger partial charge in [0.05, 0.1) is 17.6 Å². The fraction of sp³-hybridized carbons (Fsp3) is 0.316. The van der Waals surface area contributed by atoms with Gasteiger partial charge in [-0.1, -0.05) is 24.3 Å². The SMILES string of the molecule is Cc1ccc(C)c(OCCCn2c(C(F)(F)F)nc3ccccc32)c1. The topological polar surface area (TPSA) is 27.1 Å². The minimum Gasteiger partial charge on any atom is -0.493 e. The highest BCUT2D eigenvalue weighted by atomic mass is 19.4. The molecule has 2 aromatic carbocycles. The van der Waals surface area contributed by atoms with Crippen LogP contribution < -0.4 is 4.74 Å². The quantitative estimate of drug-likeness (QED) is 0.597. The first-order valence-corrected chi connectivity index (χ1v) is 8.09. The largest absolute Gasteiger partial charge is 0.493 e. The molecular weight excluding hydrogens is 329 g/mol. The Morgan fingerprint density at radius 3 is 2.60 bits per heavy atom. The first kappa shape index (κ1) is 17.3. The molecular formula is C19H19F3N2O. The normalized spacial score (nSPS) is 11.9. The lowest BCUT2D eigenvalue weighted by atomic mass is 10.1. The first-order valence-electron chi connectivity index (χ1n) is 8.09. The lowest BCUT2D eigenvalue weighted by Gasteiger charge is -2.13. The summed E-state index contributed by atoms with van der Waals surface area (Å²) in [6.07, 6.45) is -4.02. The third-order valence-electron chi connectivity index (χ3n) is 4.04. The van der Waals surface area contributed by atoms with E-state index in [1.165, 1.54) is 4.57 Å². The van der Waals surface area contributed by atoms with Crippen LogP contribution in [0, 0.1) is 13.8 Å². The summed E-state index contributed by atoms with van der Waals surface area (Å²) in [4.78, 5) is 3.74. The van der Waals surface area contributed by atoms with E-state index < -0.39 is 12.0 Å². The minimum atomic E-state index is -4.48. The Kier molecular flexibility index (Phi) is 4.70. The average molecular weight is 348 g/mol. The van der Waals surface area contributed by atoms with Gasteiger partial charge in [0.1, 0.15) is 5.75 Å². The lowest BCUT2D eigenvalue weighted by molar-refractivity contribution is -0.147. The van der Waals surface area contributed by atoms with Gasteiger partial charge < -0.3 is 9.30 Å². The molecule has 0 amide bonds. The predicted octanol–water partition coefficient (Wildman–Crippen LogP) is 5.14. The Balaban J connectivity index is 1.74. The third-order valence-corrected chi connectivity index (χ3v) is 4.04. The maximum Gasteiger partial charge on any atom is 0.449 e. The summed E-state index contributed by atoms with van der Waals surface area (Å²) in [6.45, 7) is 4.45. The van der Waals surface area contributed by atoms with Gasteiger partial charge in [-0.05, 0) is 49.6 Å². The number of hydrogen-bond donors (Lipinski definition) is 0. The van der Waals surface area contributed by atoms with Crippen molar-refractivity contribution in [1.29, 1.82) is 0 Å². The molecule has 0 atom stereocenters. The lowest BCUT2D eigenvalue weighted by Crippen LogP contribution is -2.16. The second-order valence-corrected chi connectivity index (χ2v) is 6.04. The monoisotopic (exact) mass is 348 g/mol. The standard InChI is InChI=1S/C19H19F3N2O/c1-13-8-9-14(2)17(12-13)25-11-5-10-24-16-7-4-3-6-15(16)23-18(24)19(20,21)22/h3-4,6-9,12H,5,10-11H2,1-2H3. The number of aromatic nitrogens is 2. The number of rotatable bonds is 5. The molecule has 0 aliphatic rings. The van der Waals surface area contributed by atoms with Gasteiger partial charge in [0.25, 0.3) is 0 Å². The Morgan fingerprint density at radius 2 is 1.84 bits per heavy atom. The van der Waals surface area contributed by atoms with E-state index in [1.807, 2.05) is 32.0 Å². The molecule has 0 aliphatic carbocycles. The summed E-state index contributed by atoms with van der Waals surface area (Å²) in [7, 11) is 0. The highest BCUT2D eigenvalue weighted by Gasteiger charge is 2.37. The number of imidazole rings is 1. The van der Waals surface area contributed by atoms with Crippen LogP contribution in [-0.2, 0) is 12.7 Å². The van der Waals surface area contributed by atoms with Crippen molar-refractivity contribution in [2.75, 3.05) is 6.61 Å². The van der Waals surface area contributed by atoms with E-state index in [9.17, 15) is 13.2 Å². The molecule has 3 nitrogen and oxygen atoms in total. The zero-order chi connectivity index (χ0) is 18.0. The highest BCUT2D eigenvalue weighted by molar-refractivity contribution is 5.76.